The van der Waals surface area contributed by atoms with Crippen LogP contribution in [-0.4, -0.2) is 247 Å². The Morgan fingerprint density at radius 1 is 0.317 bits per heavy atom. The van der Waals surface area contributed by atoms with Gasteiger partial charge in [-0.15, -0.1) is 0 Å². The number of nitrogens with two attached hydrogens (primary N) is 1. The van der Waals surface area contributed by atoms with Crippen molar-refractivity contribution in [3.8, 4) is 45.0 Å². The molecule has 4 aliphatic heterocycles. The van der Waals surface area contributed by atoms with E-state index < -0.39 is 67.4 Å². The minimum absolute atomic E-state index is 0.171. The maximum Gasteiger partial charge on any atom is 0.329 e. The van der Waals surface area contributed by atoms with Gasteiger partial charge in [0.1, 0.15) is 50.3 Å². The number of nitrogen functional groups attached to an aromatic ring is 1. The highest BCUT2D eigenvalue weighted by Crippen LogP contribution is 2.37. The van der Waals surface area contributed by atoms with Gasteiger partial charge in [0.05, 0.1) is 113 Å². The third-order valence-corrected chi connectivity index (χ3v) is 25.9. The van der Waals surface area contributed by atoms with Gasteiger partial charge in [0.25, 0.3) is 45.9 Å². The van der Waals surface area contributed by atoms with Crippen molar-refractivity contribution < 1.29 is 49.8 Å². The molecule has 0 spiro atoms. The Morgan fingerprint density at radius 2 is 0.549 bits per heavy atom. The topological polar surface area (TPSA) is 603 Å². The molecular formula is C99H103N25O18. The number of nitrogens with zero attached hydrogens (tertiary/aromatic N) is 20. The van der Waals surface area contributed by atoms with Gasteiger partial charge in [-0.2, -0.15) is 0 Å². The number of hydrogen-bond acceptors (Lipinski definition) is 31. The number of carbonyl (C=O) groups excluding carboxylic acids is 4. The third-order valence-electron chi connectivity index (χ3n) is 25.9. The number of anilines is 1. The van der Waals surface area contributed by atoms with Crippen molar-refractivity contribution in [1.82, 2.24) is 118 Å². The molecule has 20 rings (SSSR count). The van der Waals surface area contributed by atoms with E-state index in [2.05, 4.69) is 59.8 Å². The van der Waals surface area contributed by atoms with Crippen molar-refractivity contribution in [3.63, 3.8) is 0 Å². The fraction of sp³-hybridized carbons (Fsp3) is 0.354. The number of H-pyrrole nitrogens is 4. The van der Waals surface area contributed by atoms with E-state index in [1.165, 1.54) is 80.2 Å². The van der Waals surface area contributed by atoms with Crippen molar-refractivity contribution in [2.45, 2.75) is 173 Å². The van der Waals surface area contributed by atoms with Crippen molar-refractivity contribution in [2.75, 3.05) is 58.1 Å². The van der Waals surface area contributed by atoms with E-state index in [0.29, 0.717) is 221 Å². The molecule has 4 saturated heterocycles. The van der Waals surface area contributed by atoms with Crippen LogP contribution in [-0.2, 0) is 32.4 Å². The highest BCUT2D eigenvalue weighted by molar-refractivity contribution is 6.05. The van der Waals surface area contributed by atoms with Gasteiger partial charge in [0.2, 0.25) is 0 Å². The summed E-state index contributed by atoms with van der Waals surface area (Å²) in [6, 6.07) is 27.5. The molecule has 20 heterocycles. The van der Waals surface area contributed by atoms with Crippen LogP contribution < -0.4 is 50.7 Å². The standard InChI is InChI=1S/2C25H26N6O5.C25H26N6O4.C24H25N7O4/c2*1-25(2,36)23(34)30-9-7-16(8-10-30)31-21-17(22(33)29-24(31)35)12-27-19-6-5-18(28-20(19)21)14-3-4-15(13-32)26-11-14;1-14-4-5-15(12-26-14)18-6-7-19-20(28-18)21-17(13-27-19)22(32)29-24(34)31(21)16-8-10-30(11-9-16)23(33)25(2,3)35;1-24(2,35)22(33)30-9-7-14(8-10-30)31-20-15(21(32)29-23(31)34)12-26-17-5-4-16(28-19(17)20)13-3-6-18(25)27-11-13/h2*3-6,11-12,16,32,36H,7-10,13H2,1-2H3,(H,29,33,35);4-7,12-13,16,35H,8-11H2,1-3H3,(H,29,32,34);3-6,11-12,14,35H,7-10H2,1-2H3,(H2,25,27)(H,29,32,34). The molecule has 43 heteroatoms. The predicted molar refractivity (Wildman–Crippen MR) is 526 cm³/mol. The Kier molecular flexibility index (Phi) is 26.8. The number of rotatable bonds is 14. The summed E-state index contributed by atoms with van der Waals surface area (Å²) in [5.41, 5.74) is 8.35. The molecule has 4 fully saturated rings. The van der Waals surface area contributed by atoms with Gasteiger partial charge in [-0.1, -0.05) is 0 Å². The summed E-state index contributed by atoms with van der Waals surface area (Å²) in [6.45, 7) is 16.2. The van der Waals surface area contributed by atoms with Crippen LogP contribution in [0.1, 0.15) is 148 Å². The molecule has 732 valence electrons. The number of pyridine rings is 12. The van der Waals surface area contributed by atoms with Gasteiger partial charge in [0, 0.05) is 154 Å². The first kappa shape index (κ1) is 97.7. The largest absolute Gasteiger partial charge is 0.390 e. The van der Waals surface area contributed by atoms with Crippen molar-refractivity contribution in [1.29, 1.82) is 0 Å². The fourth-order valence-corrected chi connectivity index (χ4v) is 18.6. The fourth-order valence-electron chi connectivity index (χ4n) is 18.6. The van der Waals surface area contributed by atoms with Crippen LogP contribution >= 0.6 is 0 Å². The Labute approximate surface area is 804 Å². The lowest BCUT2D eigenvalue weighted by molar-refractivity contribution is -0.149. The second kappa shape index (κ2) is 39.0. The van der Waals surface area contributed by atoms with Crippen molar-refractivity contribution in [2.24, 2.45) is 0 Å². The minimum atomic E-state index is -1.47. The number of fused-ring (bicyclic) bond motifs is 12. The molecule has 4 amide bonds. The summed E-state index contributed by atoms with van der Waals surface area (Å²) in [5.74, 6) is -1.03. The van der Waals surface area contributed by atoms with Gasteiger partial charge in [0.15, 0.2) is 0 Å². The molecule has 43 nitrogen and oxygen atoms in total. The highest BCUT2D eigenvalue weighted by Gasteiger charge is 2.39. The number of nitrogens with one attached hydrogen (secondary N) is 4. The van der Waals surface area contributed by atoms with Crippen LogP contribution in [0.2, 0.25) is 0 Å². The number of aliphatic hydroxyl groups excluding tert-OH is 2. The molecule has 0 unspecified atom stereocenters. The zero-order valence-corrected chi connectivity index (χ0v) is 79.0. The van der Waals surface area contributed by atoms with E-state index in [9.17, 15) is 88.2 Å². The number of aromatic nitrogens is 20. The van der Waals surface area contributed by atoms with Gasteiger partial charge in [-0.3, -0.25) is 111 Å². The van der Waals surface area contributed by atoms with E-state index in [1.54, 1.807) is 135 Å². The van der Waals surface area contributed by atoms with Crippen LogP contribution in [0.4, 0.5) is 5.82 Å². The highest BCUT2D eigenvalue weighted by atomic mass is 16.3. The second-order valence-electron chi connectivity index (χ2n) is 37.7. The molecule has 0 atom stereocenters. The SMILES string of the molecule is CC(C)(O)C(=O)N1CCC(n2c(=O)[nH]c(=O)c3cnc4ccc(-c5ccc(CO)nc5)nc4c32)CC1.CC(C)(O)C(=O)N1CCC(n2c(=O)[nH]c(=O)c3cnc4ccc(-c5ccc(CO)nc5)nc4c32)CC1.CC(C)(O)C(=O)N1CCC(n2c(=O)[nH]c(=O)c3cnc4ccc(-c5ccc(N)nc5)nc4c32)CC1.Cc1ccc(-c2ccc3ncc4c(=O)[nH]c(=O)n(C5CCN(C(=O)C(C)(C)O)CC5)c4c3n2)cn1. The van der Waals surface area contributed by atoms with Crippen LogP contribution in [0, 0.1) is 6.92 Å². The maximum absolute atomic E-state index is 13.1. The molecule has 12 N–H and O–H groups in total. The number of aliphatic hydroxyl groups is 6. The van der Waals surface area contributed by atoms with E-state index in [0.717, 1.165) is 16.8 Å². The van der Waals surface area contributed by atoms with Crippen LogP contribution in [0.25, 0.3) is 133 Å². The lowest BCUT2D eigenvalue weighted by atomic mass is 10.0. The quantitative estimate of drug-likeness (QED) is 0.0608. The summed E-state index contributed by atoms with van der Waals surface area (Å²) in [7, 11) is 0. The lowest BCUT2D eigenvalue weighted by Gasteiger charge is -2.36. The molecule has 16 aromatic rings. The molecule has 0 aromatic carbocycles. The predicted octanol–water partition coefficient (Wildman–Crippen LogP) is 5.39. The Balaban J connectivity index is 0.000000130. The number of hydrogen-bond donors (Lipinski definition) is 11. The number of carbonyl (C=O) groups is 4. The summed E-state index contributed by atoms with van der Waals surface area (Å²) < 4.78 is 6.24. The Hall–Kier alpha value is -16.0. The summed E-state index contributed by atoms with van der Waals surface area (Å²) >= 11 is 0. The average molecular weight is 1930 g/mol. The normalized spacial score (nSPS) is 15.1. The molecule has 0 saturated carbocycles. The summed E-state index contributed by atoms with van der Waals surface area (Å²) in [5, 5.41) is 59.9. The van der Waals surface area contributed by atoms with Crippen molar-refractivity contribution in [3.05, 3.63) is 247 Å². The summed E-state index contributed by atoms with van der Waals surface area (Å²) in [6.07, 6.45) is 16.2. The summed E-state index contributed by atoms with van der Waals surface area (Å²) in [4.78, 5) is 223. The van der Waals surface area contributed by atoms with Gasteiger partial charge < -0.3 is 56.0 Å². The molecule has 16 aromatic heterocycles. The number of aromatic amines is 4. The molecule has 0 aliphatic carbocycles. The first-order valence-corrected chi connectivity index (χ1v) is 46.2. The van der Waals surface area contributed by atoms with Gasteiger partial charge in [-0.25, -0.2) is 44.1 Å². The Bertz CT molecular complexity index is 7710. The first-order chi connectivity index (χ1) is 67.6. The van der Waals surface area contributed by atoms with Gasteiger partial charge in [-0.05, 0) is 211 Å². The van der Waals surface area contributed by atoms with Crippen LogP contribution in [0.3, 0.4) is 0 Å². The monoisotopic (exact) mass is 1930 g/mol. The van der Waals surface area contributed by atoms with Crippen LogP contribution in [0.15, 0.2) is 185 Å². The molecule has 0 bridgehead atoms. The van der Waals surface area contributed by atoms with E-state index in [-0.39, 0.29) is 82.6 Å². The van der Waals surface area contributed by atoms with E-state index >= 15 is 0 Å². The lowest BCUT2D eigenvalue weighted by Crippen LogP contribution is -2.49. The van der Waals surface area contributed by atoms with E-state index in [1.807, 2.05) is 31.2 Å². The number of likely N-dealkylation sites (tertiary alicyclic amines) is 4. The van der Waals surface area contributed by atoms with E-state index in [4.69, 9.17) is 25.7 Å². The molecule has 4 aliphatic rings. The minimum Gasteiger partial charge on any atom is -0.390 e. The molecular weight excluding hydrogens is 1830 g/mol. The second-order valence-corrected chi connectivity index (χ2v) is 37.7. The number of amides is 4. The zero-order chi connectivity index (χ0) is 101. The maximum atomic E-state index is 13.1. The van der Waals surface area contributed by atoms with Crippen molar-refractivity contribution >= 4 is 117 Å². The van der Waals surface area contributed by atoms with Gasteiger partial charge >= 0.3 is 22.8 Å². The first-order valence-electron chi connectivity index (χ1n) is 46.2. The Morgan fingerprint density at radius 3 is 0.754 bits per heavy atom. The molecule has 142 heavy (non-hydrogen) atoms. The average Bonchev–Trinajstić information content (AvgIpc) is 0.752. The third kappa shape index (κ3) is 19.8. The number of piperidine rings is 4. The number of aryl methyl sites for hydroxylation is 1. The van der Waals surface area contributed by atoms with Crippen LogP contribution in [0.5, 0.6) is 0 Å². The zero-order valence-electron chi connectivity index (χ0n) is 79.0. The molecule has 0 radical (unpaired) electrons. The smallest absolute Gasteiger partial charge is 0.329 e.